The molecule has 2 N–H and O–H groups in total. The molecular formula is C30H37ClN4O3. The molecule has 0 saturated heterocycles. The molecule has 202 valence electrons. The predicted octanol–water partition coefficient (Wildman–Crippen LogP) is 5.94. The average molecular weight is 537 g/mol. The van der Waals surface area contributed by atoms with Gasteiger partial charge in [0.05, 0.1) is 17.9 Å². The van der Waals surface area contributed by atoms with E-state index in [0.29, 0.717) is 29.5 Å². The van der Waals surface area contributed by atoms with E-state index in [9.17, 15) is 9.59 Å². The number of nitrogens with one attached hydrogen (secondary N) is 2. The van der Waals surface area contributed by atoms with Crippen molar-refractivity contribution in [2.24, 2.45) is 0 Å². The Morgan fingerprint density at radius 2 is 1.92 bits per heavy atom. The Balaban J connectivity index is 1.72. The molecule has 2 aromatic heterocycles. The molecule has 0 radical (unpaired) electrons. The first-order valence-corrected chi connectivity index (χ1v) is 13.7. The number of anilines is 1. The Morgan fingerprint density at radius 3 is 2.55 bits per heavy atom. The normalized spacial score (nSPS) is 13.9. The van der Waals surface area contributed by atoms with Crippen molar-refractivity contribution in [2.45, 2.75) is 72.1 Å². The summed E-state index contributed by atoms with van der Waals surface area (Å²) in [5, 5.41) is 3.18. The van der Waals surface area contributed by atoms with Gasteiger partial charge in [-0.25, -0.2) is 0 Å². The van der Waals surface area contributed by atoms with Gasteiger partial charge < -0.3 is 19.9 Å². The smallest absolute Gasteiger partial charge is 0.251 e. The number of rotatable bonds is 9. The van der Waals surface area contributed by atoms with Crippen molar-refractivity contribution < 1.29 is 9.53 Å². The number of amides is 1. The number of pyridine rings is 2. The lowest BCUT2D eigenvalue weighted by Crippen LogP contribution is -2.37. The monoisotopic (exact) mass is 536 g/mol. The summed E-state index contributed by atoms with van der Waals surface area (Å²) in [6.45, 7) is 7.29. The van der Waals surface area contributed by atoms with Crippen molar-refractivity contribution in [3.05, 3.63) is 80.0 Å². The topological polar surface area (TPSA) is 87.3 Å². The van der Waals surface area contributed by atoms with Crippen LogP contribution in [-0.2, 0) is 17.9 Å². The predicted molar refractivity (Wildman–Crippen MR) is 153 cm³/mol. The molecule has 7 nitrogen and oxygen atoms in total. The number of nitrogens with zero attached hydrogens (tertiary/aromatic N) is 2. The number of methoxy groups -OCH3 is 1. The van der Waals surface area contributed by atoms with Gasteiger partial charge in [0.15, 0.2) is 5.43 Å². The highest BCUT2D eigenvalue weighted by molar-refractivity contribution is 6.30. The fraction of sp³-hybridized carbons (Fsp3) is 0.433. The second kappa shape index (κ2) is 12.6. The number of carbonyl (C=O) groups excluding carboxylic acids is 1. The van der Waals surface area contributed by atoms with Gasteiger partial charge in [0.1, 0.15) is 5.15 Å². The standard InChI is InChI=1S/C30H37ClN4O3/c1-5-35(24-9-7-6-8-10-24)27-15-22(21-11-12-23(18-38-4)32-16-21)14-25(20(27)3)30(37)33-17-26-28(36)13-19(2)34-29(26)31/h11-16,24H,5-10,17-18H2,1-4H3,(H,33,37)(H,34,36). The maximum absolute atomic E-state index is 13.6. The van der Waals surface area contributed by atoms with E-state index >= 15 is 0 Å². The van der Waals surface area contributed by atoms with Crippen LogP contribution in [0.2, 0.25) is 5.15 Å². The van der Waals surface area contributed by atoms with Gasteiger partial charge in [-0.3, -0.25) is 14.6 Å². The highest BCUT2D eigenvalue weighted by atomic mass is 35.5. The molecule has 2 heterocycles. The summed E-state index contributed by atoms with van der Waals surface area (Å²) in [5.74, 6) is -0.245. The zero-order valence-electron chi connectivity index (χ0n) is 22.7. The second-order valence-electron chi connectivity index (χ2n) is 10.0. The van der Waals surface area contributed by atoms with Crippen molar-refractivity contribution in [3.63, 3.8) is 0 Å². The van der Waals surface area contributed by atoms with Crippen molar-refractivity contribution in [2.75, 3.05) is 18.6 Å². The summed E-state index contributed by atoms with van der Waals surface area (Å²) in [6.07, 6.45) is 7.86. The molecule has 1 aliphatic carbocycles. The molecule has 4 rings (SSSR count). The van der Waals surface area contributed by atoms with Gasteiger partial charge >= 0.3 is 0 Å². The zero-order valence-corrected chi connectivity index (χ0v) is 23.5. The first-order chi connectivity index (χ1) is 18.3. The molecule has 1 saturated carbocycles. The van der Waals surface area contributed by atoms with Crippen LogP contribution in [0.1, 0.15) is 71.9 Å². The van der Waals surface area contributed by atoms with Crippen LogP contribution in [0.5, 0.6) is 0 Å². The minimum atomic E-state index is -0.245. The Hall–Kier alpha value is -3.16. The van der Waals surface area contributed by atoms with Crippen LogP contribution in [-0.4, -0.2) is 35.6 Å². The van der Waals surface area contributed by atoms with Crippen molar-refractivity contribution in [1.82, 2.24) is 15.3 Å². The largest absolute Gasteiger partial charge is 0.378 e. The Labute approximate surface area is 229 Å². The number of hydrogen-bond acceptors (Lipinski definition) is 5. The second-order valence-corrected chi connectivity index (χ2v) is 10.4. The summed E-state index contributed by atoms with van der Waals surface area (Å²) in [4.78, 5) is 36.0. The summed E-state index contributed by atoms with van der Waals surface area (Å²) in [6, 6.07) is 9.99. The molecule has 1 aliphatic rings. The van der Waals surface area contributed by atoms with E-state index in [1.807, 2.05) is 31.3 Å². The fourth-order valence-electron chi connectivity index (χ4n) is 5.35. The summed E-state index contributed by atoms with van der Waals surface area (Å²) < 4.78 is 5.20. The third kappa shape index (κ3) is 6.27. The Kier molecular flexibility index (Phi) is 9.23. The van der Waals surface area contributed by atoms with Crippen molar-refractivity contribution >= 4 is 23.2 Å². The van der Waals surface area contributed by atoms with Gasteiger partial charge in [0, 0.05) is 61.0 Å². The number of benzene rings is 1. The first-order valence-electron chi connectivity index (χ1n) is 13.3. The molecule has 0 unspecified atom stereocenters. The maximum Gasteiger partial charge on any atom is 0.251 e. The van der Waals surface area contributed by atoms with Crippen LogP contribution >= 0.6 is 11.6 Å². The molecule has 1 amide bonds. The van der Waals surface area contributed by atoms with Crippen LogP contribution in [0.15, 0.2) is 41.3 Å². The van der Waals surface area contributed by atoms with E-state index in [1.54, 1.807) is 14.0 Å². The van der Waals surface area contributed by atoms with Crippen LogP contribution in [0.3, 0.4) is 0 Å². The van der Waals surface area contributed by atoms with Gasteiger partial charge in [-0.05, 0) is 62.9 Å². The molecule has 3 aromatic rings. The molecule has 1 aromatic carbocycles. The number of aromatic amines is 1. The average Bonchev–Trinajstić information content (AvgIpc) is 2.90. The number of aromatic nitrogens is 2. The summed E-state index contributed by atoms with van der Waals surface area (Å²) in [7, 11) is 1.65. The number of halogens is 1. The van der Waals surface area contributed by atoms with E-state index in [-0.39, 0.29) is 23.0 Å². The van der Waals surface area contributed by atoms with Crippen molar-refractivity contribution in [3.8, 4) is 11.1 Å². The number of hydrogen-bond donors (Lipinski definition) is 2. The lowest BCUT2D eigenvalue weighted by Gasteiger charge is -2.37. The lowest BCUT2D eigenvalue weighted by atomic mass is 9.91. The van der Waals surface area contributed by atoms with Crippen molar-refractivity contribution in [1.29, 1.82) is 0 Å². The van der Waals surface area contributed by atoms with Gasteiger partial charge in [-0.1, -0.05) is 36.9 Å². The van der Waals surface area contributed by atoms with E-state index in [2.05, 4.69) is 33.2 Å². The number of aryl methyl sites for hydroxylation is 1. The van der Waals surface area contributed by atoms with Gasteiger partial charge in [0.25, 0.3) is 5.91 Å². The minimum absolute atomic E-state index is 0.0413. The van der Waals surface area contributed by atoms with Gasteiger partial charge in [0.2, 0.25) is 0 Å². The highest BCUT2D eigenvalue weighted by Gasteiger charge is 2.25. The molecule has 0 aliphatic heterocycles. The van der Waals surface area contributed by atoms with Crippen LogP contribution in [0.4, 0.5) is 5.69 Å². The number of H-pyrrole nitrogens is 1. The maximum atomic E-state index is 13.6. The van der Waals surface area contributed by atoms with Crippen LogP contribution < -0.4 is 15.6 Å². The van der Waals surface area contributed by atoms with E-state index in [0.717, 1.165) is 47.5 Å². The molecule has 0 bridgehead atoms. The molecule has 0 atom stereocenters. The Morgan fingerprint density at radius 1 is 1.16 bits per heavy atom. The number of ether oxygens (including phenoxy) is 1. The SMILES string of the molecule is CCN(c1cc(-c2ccc(COC)nc2)cc(C(=O)NCc2c(Cl)[nH]c(C)cc2=O)c1C)C1CCCCC1. The third-order valence-corrected chi connectivity index (χ3v) is 7.71. The summed E-state index contributed by atoms with van der Waals surface area (Å²) in [5.41, 5.74) is 6.08. The van der Waals surface area contributed by atoms with E-state index in [1.165, 1.54) is 25.3 Å². The fourth-order valence-corrected chi connectivity index (χ4v) is 5.66. The van der Waals surface area contributed by atoms with Crippen LogP contribution in [0.25, 0.3) is 11.1 Å². The molecule has 1 fully saturated rings. The van der Waals surface area contributed by atoms with Crippen LogP contribution in [0, 0.1) is 13.8 Å². The highest BCUT2D eigenvalue weighted by Crippen LogP contribution is 2.35. The first kappa shape index (κ1) is 27.9. The molecular weight excluding hydrogens is 500 g/mol. The number of carbonyl (C=O) groups is 1. The molecule has 8 heteroatoms. The lowest BCUT2D eigenvalue weighted by molar-refractivity contribution is 0.0950. The van der Waals surface area contributed by atoms with Gasteiger partial charge in [-0.2, -0.15) is 0 Å². The zero-order chi connectivity index (χ0) is 27.2. The summed E-state index contributed by atoms with van der Waals surface area (Å²) >= 11 is 6.28. The van der Waals surface area contributed by atoms with Gasteiger partial charge in [-0.15, -0.1) is 0 Å². The molecule has 38 heavy (non-hydrogen) atoms. The van der Waals surface area contributed by atoms with E-state index < -0.39 is 0 Å². The van der Waals surface area contributed by atoms with E-state index in [4.69, 9.17) is 16.3 Å². The minimum Gasteiger partial charge on any atom is -0.378 e. The quantitative estimate of drug-likeness (QED) is 0.330. The third-order valence-electron chi connectivity index (χ3n) is 7.38. The Bertz CT molecular complexity index is 1330. The molecule has 0 spiro atoms.